The van der Waals surface area contributed by atoms with Gasteiger partial charge in [0.2, 0.25) is 0 Å². The van der Waals surface area contributed by atoms with E-state index in [1.807, 2.05) is 26.0 Å². The lowest BCUT2D eigenvalue weighted by Crippen LogP contribution is -2.22. The van der Waals surface area contributed by atoms with Gasteiger partial charge in [-0.2, -0.15) is 0 Å². The average molecular weight is 420 g/mol. The molecule has 0 unspecified atom stereocenters. The summed E-state index contributed by atoms with van der Waals surface area (Å²) >= 11 is 13.2. The van der Waals surface area contributed by atoms with E-state index in [1.165, 1.54) is 29.5 Å². The van der Waals surface area contributed by atoms with Gasteiger partial charge in [-0.15, -0.1) is 0 Å². The van der Waals surface area contributed by atoms with E-state index in [2.05, 4.69) is 4.98 Å². The second-order valence-corrected chi connectivity index (χ2v) is 7.98. The highest BCUT2D eigenvalue weighted by Crippen LogP contribution is 2.31. The molecule has 4 aromatic rings. The van der Waals surface area contributed by atoms with Crippen molar-refractivity contribution in [3.05, 3.63) is 76.0 Å². The third kappa shape index (κ3) is 2.88. The van der Waals surface area contributed by atoms with E-state index in [4.69, 9.17) is 23.2 Å². The van der Waals surface area contributed by atoms with Crippen LogP contribution in [0.5, 0.6) is 0 Å². The Bertz CT molecular complexity index is 1370. The van der Waals surface area contributed by atoms with Crippen LogP contribution in [0.15, 0.2) is 29.1 Å². The van der Waals surface area contributed by atoms with E-state index < -0.39 is 4.92 Å². The summed E-state index contributed by atoms with van der Waals surface area (Å²) in [6.07, 6.45) is 1.53. The monoisotopic (exact) mass is 419 g/mol. The molecule has 6 nitrogen and oxygen atoms in total. The summed E-state index contributed by atoms with van der Waals surface area (Å²) in [7, 11) is 0. The molecule has 0 aliphatic heterocycles. The van der Waals surface area contributed by atoms with Gasteiger partial charge in [-0.3, -0.25) is 14.9 Å². The van der Waals surface area contributed by atoms with E-state index in [9.17, 15) is 14.9 Å². The van der Waals surface area contributed by atoms with Gasteiger partial charge in [0.15, 0.2) is 4.96 Å². The Labute approximate surface area is 166 Å². The number of aromatic nitrogens is 2. The number of rotatable bonds is 2. The first kappa shape index (κ1) is 17.9. The van der Waals surface area contributed by atoms with Gasteiger partial charge in [0, 0.05) is 16.7 Å². The lowest BCUT2D eigenvalue weighted by atomic mass is 10.1. The number of hydrogen-bond donors (Lipinski definition) is 0. The van der Waals surface area contributed by atoms with E-state index in [0.29, 0.717) is 15.1 Å². The maximum Gasteiger partial charge on any atom is 0.288 e. The minimum absolute atomic E-state index is 0.0534. The van der Waals surface area contributed by atoms with Crippen molar-refractivity contribution in [2.75, 3.05) is 0 Å². The fourth-order valence-electron chi connectivity index (χ4n) is 2.86. The molecule has 0 saturated carbocycles. The normalized spacial score (nSPS) is 12.4. The van der Waals surface area contributed by atoms with Gasteiger partial charge >= 0.3 is 0 Å². The molecule has 2 aromatic carbocycles. The smallest absolute Gasteiger partial charge is 0.267 e. The SMILES string of the molecule is Cc1cc2nc3s/c(=C\c4cc([N+](=O)[O-])c(Cl)cc4Cl)c(=O)n3c2cc1C. The van der Waals surface area contributed by atoms with Crippen molar-refractivity contribution in [2.45, 2.75) is 13.8 Å². The number of nitrogens with zero attached hydrogens (tertiary/aromatic N) is 3. The van der Waals surface area contributed by atoms with Gasteiger partial charge in [0.05, 0.1) is 20.5 Å². The van der Waals surface area contributed by atoms with Gasteiger partial charge in [-0.05, 0) is 49.2 Å². The topological polar surface area (TPSA) is 77.5 Å². The van der Waals surface area contributed by atoms with Crippen LogP contribution in [0.1, 0.15) is 16.7 Å². The minimum atomic E-state index is -0.589. The third-order valence-corrected chi connectivity index (χ3v) is 6.00. The maximum absolute atomic E-state index is 12.9. The summed E-state index contributed by atoms with van der Waals surface area (Å²) in [5, 5.41) is 11.3. The van der Waals surface area contributed by atoms with Crippen LogP contribution in [0.4, 0.5) is 5.69 Å². The molecule has 2 heterocycles. The predicted octanol–water partition coefficient (Wildman–Crippen LogP) is 4.29. The standard InChI is InChI=1S/C18H11Cl2N3O3S/c1-8-3-13-15(4-9(8)2)22-17(24)16(27-18(22)21-13)6-10-5-14(23(25)26)12(20)7-11(10)19/h3-7H,1-2H3/b16-6-. The quantitative estimate of drug-likeness (QED) is 0.358. The number of halogens is 2. The molecule has 0 fully saturated rings. The van der Waals surface area contributed by atoms with Crippen molar-refractivity contribution in [2.24, 2.45) is 0 Å². The van der Waals surface area contributed by atoms with Crippen LogP contribution in [0.25, 0.3) is 22.1 Å². The van der Waals surface area contributed by atoms with Gasteiger partial charge < -0.3 is 0 Å². The number of imidazole rings is 1. The summed E-state index contributed by atoms with van der Waals surface area (Å²) in [6, 6.07) is 6.45. The maximum atomic E-state index is 12.9. The first-order chi connectivity index (χ1) is 12.8. The number of thiazole rings is 1. The zero-order valence-corrected chi connectivity index (χ0v) is 16.4. The van der Waals surface area contributed by atoms with Crippen molar-refractivity contribution in [3.8, 4) is 0 Å². The van der Waals surface area contributed by atoms with Gasteiger partial charge in [-0.25, -0.2) is 9.38 Å². The molecule has 0 amide bonds. The molecule has 27 heavy (non-hydrogen) atoms. The third-order valence-electron chi connectivity index (χ3n) is 4.40. The van der Waals surface area contributed by atoms with Gasteiger partial charge in [0.25, 0.3) is 11.2 Å². The van der Waals surface area contributed by atoms with E-state index in [-0.39, 0.29) is 21.3 Å². The number of benzene rings is 2. The van der Waals surface area contributed by atoms with Gasteiger partial charge in [-0.1, -0.05) is 34.5 Å². The van der Waals surface area contributed by atoms with Gasteiger partial charge in [0.1, 0.15) is 5.02 Å². The molecule has 0 saturated heterocycles. The minimum Gasteiger partial charge on any atom is -0.267 e. The van der Waals surface area contributed by atoms with E-state index in [0.717, 1.165) is 22.2 Å². The number of nitro benzene ring substituents is 1. The fourth-order valence-corrected chi connectivity index (χ4v) is 4.35. The van der Waals surface area contributed by atoms with Crippen molar-refractivity contribution in [3.63, 3.8) is 0 Å². The second-order valence-electron chi connectivity index (χ2n) is 6.15. The molecule has 4 rings (SSSR count). The molecule has 0 bridgehead atoms. The zero-order valence-electron chi connectivity index (χ0n) is 14.1. The molecular formula is C18H11Cl2N3O3S. The largest absolute Gasteiger partial charge is 0.288 e. The zero-order chi connectivity index (χ0) is 19.5. The summed E-state index contributed by atoms with van der Waals surface area (Å²) in [5.74, 6) is 0. The second kappa shape index (κ2) is 6.30. The molecule has 0 atom stereocenters. The molecule has 0 aliphatic carbocycles. The summed E-state index contributed by atoms with van der Waals surface area (Å²) < 4.78 is 1.94. The van der Waals surface area contributed by atoms with Crippen molar-refractivity contribution < 1.29 is 4.92 Å². The highest BCUT2D eigenvalue weighted by molar-refractivity contribution is 7.15. The lowest BCUT2D eigenvalue weighted by molar-refractivity contribution is -0.384. The predicted molar refractivity (Wildman–Crippen MR) is 108 cm³/mol. The van der Waals surface area contributed by atoms with E-state index >= 15 is 0 Å². The Kier molecular flexibility index (Phi) is 4.18. The Morgan fingerprint density at radius 3 is 2.56 bits per heavy atom. The molecule has 0 aliphatic rings. The van der Waals surface area contributed by atoms with Crippen molar-refractivity contribution >= 4 is 62.3 Å². The molecule has 0 radical (unpaired) electrons. The number of fused-ring (bicyclic) bond motifs is 3. The highest BCUT2D eigenvalue weighted by atomic mass is 35.5. The molecular weight excluding hydrogens is 409 g/mol. The van der Waals surface area contributed by atoms with E-state index in [1.54, 1.807) is 4.40 Å². The van der Waals surface area contributed by atoms with Crippen LogP contribution in [0, 0.1) is 24.0 Å². The van der Waals surface area contributed by atoms with Crippen LogP contribution < -0.4 is 10.1 Å². The summed E-state index contributed by atoms with van der Waals surface area (Å²) in [4.78, 5) is 28.5. The molecule has 0 N–H and O–H groups in total. The number of hydrogen-bond acceptors (Lipinski definition) is 5. The van der Waals surface area contributed by atoms with Crippen LogP contribution in [0.2, 0.25) is 10.0 Å². The van der Waals surface area contributed by atoms with Crippen LogP contribution >= 0.6 is 34.5 Å². The molecule has 136 valence electrons. The number of aryl methyl sites for hydroxylation is 2. The van der Waals surface area contributed by atoms with Crippen molar-refractivity contribution in [1.29, 1.82) is 0 Å². The Balaban J connectivity index is 1.99. The Morgan fingerprint density at radius 1 is 1.15 bits per heavy atom. The Morgan fingerprint density at radius 2 is 1.85 bits per heavy atom. The van der Waals surface area contributed by atoms with Crippen LogP contribution in [0.3, 0.4) is 0 Å². The number of nitro groups is 1. The molecule has 9 heteroatoms. The van der Waals surface area contributed by atoms with Crippen LogP contribution in [-0.4, -0.2) is 14.3 Å². The van der Waals surface area contributed by atoms with Crippen LogP contribution in [-0.2, 0) is 0 Å². The average Bonchev–Trinajstić information content (AvgIpc) is 3.07. The van der Waals surface area contributed by atoms with Crippen molar-refractivity contribution in [1.82, 2.24) is 9.38 Å². The summed E-state index contributed by atoms with van der Waals surface area (Å²) in [6.45, 7) is 3.97. The summed E-state index contributed by atoms with van der Waals surface area (Å²) in [5.41, 5.74) is 3.51. The Hall–Kier alpha value is -2.48. The molecule has 2 aromatic heterocycles. The highest BCUT2D eigenvalue weighted by Gasteiger charge is 2.17. The lowest BCUT2D eigenvalue weighted by Gasteiger charge is -2.00. The molecule has 0 spiro atoms. The first-order valence-electron chi connectivity index (χ1n) is 7.83. The first-order valence-corrected chi connectivity index (χ1v) is 9.41. The fraction of sp³-hybridized carbons (Fsp3) is 0.111.